The highest BCUT2D eigenvalue weighted by Gasteiger charge is 2.37. The SMILES string of the molecule is C=C1CC[C@H]([C@H](C)CO)[C@H]2C=C(C)CC[C@H]12. The highest BCUT2D eigenvalue weighted by Crippen LogP contribution is 2.47. The van der Waals surface area contributed by atoms with Crippen molar-refractivity contribution in [3.05, 3.63) is 23.8 Å². The molecule has 1 N–H and O–H groups in total. The molecule has 0 amide bonds. The minimum atomic E-state index is 0.327. The lowest BCUT2D eigenvalue weighted by Crippen LogP contribution is -2.35. The Morgan fingerprint density at radius 2 is 2.19 bits per heavy atom. The van der Waals surface area contributed by atoms with E-state index >= 15 is 0 Å². The van der Waals surface area contributed by atoms with Gasteiger partial charge in [0.1, 0.15) is 0 Å². The molecule has 1 fully saturated rings. The minimum Gasteiger partial charge on any atom is -0.396 e. The van der Waals surface area contributed by atoms with Gasteiger partial charge in [-0.1, -0.05) is 30.7 Å². The predicted octanol–water partition coefficient (Wildman–Crippen LogP) is 3.55. The van der Waals surface area contributed by atoms with Crippen LogP contribution in [-0.2, 0) is 0 Å². The van der Waals surface area contributed by atoms with Crippen molar-refractivity contribution in [2.45, 2.75) is 39.5 Å². The highest BCUT2D eigenvalue weighted by atomic mass is 16.3. The van der Waals surface area contributed by atoms with Gasteiger partial charge in [0.25, 0.3) is 0 Å². The second-order valence-corrected chi connectivity index (χ2v) is 5.76. The molecule has 0 heterocycles. The fraction of sp³-hybridized carbons (Fsp3) is 0.733. The third kappa shape index (κ3) is 2.10. The Balaban J connectivity index is 2.22. The molecule has 0 spiro atoms. The number of allylic oxidation sites excluding steroid dienone is 3. The van der Waals surface area contributed by atoms with Crippen molar-refractivity contribution in [1.82, 2.24) is 0 Å². The van der Waals surface area contributed by atoms with Crippen molar-refractivity contribution in [1.29, 1.82) is 0 Å². The lowest BCUT2D eigenvalue weighted by Gasteiger charge is -2.43. The summed E-state index contributed by atoms with van der Waals surface area (Å²) in [7, 11) is 0. The second kappa shape index (κ2) is 4.75. The van der Waals surface area contributed by atoms with Crippen LogP contribution in [0.1, 0.15) is 39.5 Å². The van der Waals surface area contributed by atoms with Crippen molar-refractivity contribution >= 4 is 0 Å². The van der Waals surface area contributed by atoms with E-state index in [1.165, 1.54) is 36.8 Å². The Morgan fingerprint density at radius 1 is 1.44 bits per heavy atom. The first-order valence-electron chi connectivity index (χ1n) is 6.59. The van der Waals surface area contributed by atoms with Crippen LogP contribution in [-0.4, -0.2) is 11.7 Å². The molecule has 0 aliphatic heterocycles. The largest absolute Gasteiger partial charge is 0.396 e. The molecule has 0 bridgehead atoms. The lowest BCUT2D eigenvalue weighted by atomic mass is 9.62. The average Bonchev–Trinajstić information content (AvgIpc) is 2.28. The molecule has 2 aliphatic carbocycles. The first kappa shape index (κ1) is 11.9. The Bertz CT molecular complexity index is 303. The fourth-order valence-electron chi connectivity index (χ4n) is 3.53. The first-order valence-corrected chi connectivity index (χ1v) is 6.59. The van der Waals surface area contributed by atoms with Gasteiger partial charge >= 0.3 is 0 Å². The summed E-state index contributed by atoms with van der Waals surface area (Å²) >= 11 is 0. The molecule has 0 aromatic rings. The monoisotopic (exact) mass is 220 g/mol. The molecule has 0 saturated heterocycles. The zero-order chi connectivity index (χ0) is 11.7. The summed E-state index contributed by atoms with van der Waals surface area (Å²) in [6.45, 7) is 9.01. The molecule has 2 aliphatic rings. The van der Waals surface area contributed by atoms with Crippen molar-refractivity contribution in [3.63, 3.8) is 0 Å². The average molecular weight is 220 g/mol. The van der Waals surface area contributed by atoms with E-state index in [2.05, 4.69) is 26.5 Å². The lowest BCUT2D eigenvalue weighted by molar-refractivity contribution is 0.115. The third-order valence-corrected chi connectivity index (χ3v) is 4.63. The summed E-state index contributed by atoms with van der Waals surface area (Å²) in [4.78, 5) is 0. The number of hydrogen-bond donors (Lipinski definition) is 1. The number of aliphatic hydroxyl groups excluding tert-OH is 1. The van der Waals surface area contributed by atoms with Gasteiger partial charge in [-0.15, -0.1) is 0 Å². The van der Waals surface area contributed by atoms with Crippen molar-refractivity contribution in [2.24, 2.45) is 23.7 Å². The van der Waals surface area contributed by atoms with Crippen molar-refractivity contribution in [2.75, 3.05) is 6.61 Å². The Hall–Kier alpha value is -0.560. The molecule has 0 unspecified atom stereocenters. The number of hydrogen-bond acceptors (Lipinski definition) is 1. The van der Waals surface area contributed by atoms with Gasteiger partial charge in [-0.2, -0.15) is 0 Å². The van der Waals surface area contributed by atoms with E-state index in [4.69, 9.17) is 0 Å². The predicted molar refractivity (Wildman–Crippen MR) is 68.1 cm³/mol. The molecule has 1 saturated carbocycles. The maximum absolute atomic E-state index is 9.37. The van der Waals surface area contributed by atoms with Gasteiger partial charge < -0.3 is 5.11 Å². The number of aliphatic hydroxyl groups is 1. The summed E-state index contributed by atoms with van der Waals surface area (Å²) < 4.78 is 0. The van der Waals surface area contributed by atoms with Crippen molar-refractivity contribution < 1.29 is 5.11 Å². The first-order chi connectivity index (χ1) is 7.63. The van der Waals surface area contributed by atoms with Crippen LogP contribution < -0.4 is 0 Å². The molecule has 90 valence electrons. The van der Waals surface area contributed by atoms with Crippen LogP contribution >= 0.6 is 0 Å². The summed E-state index contributed by atoms with van der Waals surface area (Å²) in [6, 6.07) is 0. The van der Waals surface area contributed by atoms with E-state index < -0.39 is 0 Å². The van der Waals surface area contributed by atoms with Gasteiger partial charge in [0.15, 0.2) is 0 Å². The van der Waals surface area contributed by atoms with Crippen LogP contribution in [0.3, 0.4) is 0 Å². The molecule has 1 heteroatoms. The number of rotatable bonds is 2. The zero-order valence-electron chi connectivity index (χ0n) is 10.6. The maximum atomic E-state index is 9.37. The molecular formula is C15H24O. The Labute approximate surface area is 99.3 Å². The minimum absolute atomic E-state index is 0.327. The van der Waals surface area contributed by atoms with Gasteiger partial charge in [0, 0.05) is 6.61 Å². The second-order valence-electron chi connectivity index (χ2n) is 5.76. The zero-order valence-corrected chi connectivity index (χ0v) is 10.6. The van der Waals surface area contributed by atoms with Gasteiger partial charge in [-0.3, -0.25) is 0 Å². The van der Waals surface area contributed by atoms with E-state index in [1.54, 1.807) is 0 Å². The van der Waals surface area contributed by atoms with Crippen LogP contribution in [0.25, 0.3) is 0 Å². The van der Waals surface area contributed by atoms with Crippen LogP contribution in [0.4, 0.5) is 0 Å². The van der Waals surface area contributed by atoms with Crippen LogP contribution in [0.2, 0.25) is 0 Å². The Morgan fingerprint density at radius 3 is 2.88 bits per heavy atom. The quantitative estimate of drug-likeness (QED) is 0.706. The van der Waals surface area contributed by atoms with Crippen LogP contribution in [0, 0.1) is 23.7 Å². The third-order valence-electron chi connectivity index (χ3n) is 4.63. The van der Waals surface area contributed by atoms with E-state index in [0.29, 0.717) is 30.3 Å². The van der Waals surface area contributed by atoms with Gasteiger partial charge in [-0.25, -0.2) is 0 Å². The van der Waals surface area contributed by atoms with Crippen molar-refractivity contribution in [3.8, 4) is 0 Å². The molecular weight excluding hydrogens is 196 g/mol. The van der Waals surface area contributed by atoms with Crippen LogP contribution in [0.5, 0.6) is 0 Å². The van der Waals surface area contributed by atoms with Gasteiger partial charge in [-0.05, 0) is 56.3 Å². The van der Waals surface area contributed by atoms with Crippen LogP contribution in [0.15, 0.2) is 23.8 Å². The number of fused-ring (bicyclic) bond motifs is 1. The molecule has 2 rings (SSSR count). The molecule has 0 radical (unpaired) electrons. The van der Waals surface area contributed by atoms with Gasteiger partial charge in [0.2, 0.25) is 0 Å². The smallest absolute Gasteiger partial charge is 0.0459 e. The fourth-order valence-corrected chi connectivity index (χ4v) is 3.53. The van der Waals surface area contributed by atoms with E-state index in [9.17, 15) is 5.11 Å². The summed E-state index contributed by atoms with van der Waals surface area (Å²) in [5.74, 6) is 2.44. The summed E-state index contributed by atoms with van der Waals surface area (Å²) in [5, 5.41) is 9.37. The molecule has 1 nitrogen and oxygen atoms in total. The standard InChI is InChI=1S/C15H24O/c1-10-4-6-13-11(2)5-7-14(12(3)9-16)15(13)8-10/h8,12-16H,2,4-7,9H2,1,3H3/t12-,13-,14-,15+/m1/s1. The highest BCUT2D eigenvalue weighted by molar-refractivity contribution is 5.19. The van der Waals surface area contributed by atoms with E-state index in [0.717, 1.165) is 0 Å². The Kier molecular flexibility index (Phi) is 3.53. The summed E-state index contributed by atoms with van der Waals surface area (Å²) in [5.41, 5.74) is 2.99. The maximum Gasteiger partial charge on any atom is 0.0459 e. The molecule has 0 aromatic carbocycles. The molecule has 4 atom stereocenters. The summed E-state index contributed by atoms with van der Waals surface area (Å²) in [6.07, 6.45) is 7.37. The topological polar surface area (TPSA) is 20.2 Å². The normalized spacial score (nSPS) is 36.6. The van der Waals surface area contributed by atoms with E-state index in [-0.39, 0.29) is 0 Å². The molecule has 0 aromatic heterocycles. The van der Waals surface area contributed by atoms with E-state index in [1.807, 2.05) is 0 Å². The van der Waals surface area contributed by atoms with Gasteiger partial charge in [0.05, 0.1) is 0 Å². The molecule has 16 heavy (non-hydrogen) atoms.